The molecule has 2 N–H and O–H groups in total. The number of amides is 1. The SMILES string of the molecule is COC(=O)c1ccc(Nc2ccnc(C(=O)Nc3ccccc3F)c2)cc1. The van der Waals surface area contributed by atoms with Crippen LogP contribution in [-0.2, 0) is 4.74 Å². The summed E-state index contributed by atoms with van der Waals surface area (Å²) in [5.41, 5.74) is 1.99. The molecular formula is C20H16FN3O3. The van der Waals surface area contributed by atoms with Crippen molar-refractivity contribution in [3.63, 3.8) is 0 Å². The Balaban J connectivity index is 1.72. The van der Waals surface area contributed by atoms with Gasteiger partial charge >= 0.3 is 5.97 Å². The van der Waals surface area contributed by atoms with Crippen LogP contribution in [0.25, 0.3) is 0 Å². The molecule has 6 nitrogen and oxygen atoms in total. The van der Waals surface area contributed by atoms with Gasteiger partial charge in [0.25, 0.3) is 5.91 Å². The van der Waals surface area contributed by atoms with Crippen LogP contribution in [0.2, 0.25) is 0 Å². The molecule has 7 heteroatoms. The van der Waals surface area contributed by atoms with Gasteiger partial charge in [0.1, 0.15) is 11.5 Å². The van der Waals surface area contributed by atoms with Gasteiger partial charge in [0, 0.05) is 17.6 Å². The molecular weight excluding hydrogens is 349 g/mol. The molecule has 2 aromatic carbocycles. The van der Waals surface area contributed by atoms with Gasteiger partial charge in [-0.3, -0.25) is 9.78 Å². The highest BCUT2D eigenvalue weighted by Gasteiger charge is 2.11. The first kappa shape index (κ1) is 18.1. The van der Waals surface area contributed by atoms with Crippen molar-refractivity contribution >= 4 is 28.9 Å². The maximum absolute atomic E-state index is 13.7. The fourth-order valence-electron chi connectivity index (χ4n) is 2.36. The number of hydrogen-bond acceptors (Lipinski definition) is 5. The van der Waals surface area contributed by atoms with Crippen molar-refractivity contribution in [1.82, 2.24) is 4.98 Å². The lowest BCUT2D eigenvalue weighted by atomic mass is 10.2. The van der Waals surface area contributed by atoms with Gasteiger partial charge in [-0.1, -0.05) is 12.1 Å². The molecule has 0 fully saturated rings. The van der Waals surface area contributed by atoms with Crippen LogP contribution in [-0.4, -0.2) is 24.0 Å². The summed E-state index contributed by atoms with van der Waals surface area (Å²) in [5.74, 6) is -1.46. The number of anilines is 3. The van der Waals surface area contributed by atoms with Gasteiger partial charge in [0.15, 0.2) is 0 Å². The number of carbonyl (C=O) groups excluding carboxylic acids is 2. The van der Waals surface area contributed by atoms with Crippen LogP contribution in [0.15, 0.2) is 66.9 Å². The third kappa shape index (κ3) is 4.46. The molecule has 0 spiro atoms. The third-order valence-electron chi connectivity index (χ3n) is 3.71. The van der Waals surface area contributed by atoms with Crippen LogP contribution in [0.5, 0.6) is 0 Å². The summed E-state index contributed by atoms with van der Waals surface area (Å²) in [6.45, 7) is 0. The van der Waals surface area contributed by atoms with Gasteiger partial charge in [0.2, 0.25) is 0 Å². The predicted molar refractivity (Wildman–Crippen MR) is 99.7 cm³/mol. The maximum Gasteiger partial charge on any atom is 0.337 e. The minimum atomic E-state index is -0.523. The lowest BCUT2D eigenvalue weighted by Gasteiger charge is -2.09. The number of aromatic nitrogens is 1. The van der Waals surface area contributed by atoms with Gasteiger partial charge in [-0.15, -0.1) is 0 Å². The molecule has 3 rings (SSSR count). The number of benzene rings is 2. The molecule has 0 aliphatic rings. The largest absolute Gasteiger partial charge is 0.465 e. The van der Waals surface area contributed by atoms with E-state index >= 15 is 0 Å². The Morgan fingerprint density at radius 1 is 1.00 bits per heavy atom. The molecule has 27 heavy (non-hydrogen) atoms. The van der Waals surface area contributed by atoms with Gasteiger partial charge in [-0.2, -0.15) is 0 Å². The lowest BCUT2D eigenvalue weighted by molar-refractivity contribution is 0.0600. The summed E-state index contributed by atoms with van der Waals surface area (Å²) >= 11 is 0. The standard InChI is InChI=1S/C20H16FN3O3/c1-27-20(26)13-6-8-14(9-7-13)23-15-10-11-22-18(12-15)19(25)24-17-5-3-2-4-16(17)21/h2-12H,1H3,(H,22,23)(H,24,25). The Morgan fingerprint density at radius 2 is 1.74 bits per heavy atom. The van der Waals surface area contributed by atoms with Crippen molar-refractivity contribution in [1.29, 1.82) is 0 Å². The molecule has 3 aromatic rings. The highest BCUT2D eigenvalue weighted by molar-refractivity contribution is 6.03. The van der Waals surface area contributed by atoms with E-state index in [9.17, 15) is 14.0 Å². The van der Waals surface area contributed by atoms with E-state index in [2.05, 4.69) is 20.4 Å². The number of esters is 1. The van der Waals surface area contributed by atoms with E-state index in [1.54, 1.807) is 48.5 Å². The number of hydrogen-bond donors (Lipinski definition) is 2. The van der Waals surface area contributed by atoms with Crippen LogP contribution >= 0.6 is 0 Å². The van der Waals surface area contributed by atoms with Crippen LogP contribution in [0.3, 0.4) is 0 Å². The molecule has 0 aliphatic carbocycles. The zero-order valence-corrected chi connectivity index (χ0v) is 14.4. The third-order valence-corrected chi connectivity index (χ3v) is 3.71. The van der Waals surface area contributed by atoms with Crippen molar-refractivity contribution in [2.75, 3.05) is 17.7 Å². The number of para-hydroxylation sites is 1. The highest BCUT2D eigenvalue weighted by Crippen LogP contribution is 2.19. The molecule has 0 bridgehead atoms. The monoisotopic (exact) mass is 365 g/mol. The first-order chi connectivity index (χ1) is 13.1. The van der Waals surface area contributed by atoms with E-state index in [0.717, 1.165) is 0 Å². The number of methoxy groups -OCH3 is 1. The van der Waals surface area contributed by atoms with Crippen LogP contribution < -0.4 is 10.6 Å². The van der Waals surface area contributed by atoms with E-state index < -0.39 is 17.7 Å². The summed E-state index contributed by atoms with van der Waals surface area (Å²) < 4.78 is 18.3. The van der Waals surface area contributed by atoms with E-state index in [1.165, 1.54) is 25.4 Å². The summed E-state index contributed by atoms with van der Waals surface area (Å²) in [7, 11) is 1.32. The van der Waals surface area contributed by atoms with Crippen LogP contribution in [0.1, 0.15) is 20.8 Å². The zero-order valence-electron chi connectivity index (χ0n) is 14.4. The first-order valence-corrected chi connectivity index (χ1v) is 8.04. The fraction of sp³-hybridized carbons (Fsp3) is 0.0500. The van der Waals surface area contributed by atoms with Crippen molar-refractivity contribution in [2.24, 2.45) is 0 Å². The van der Waals surface area contributed by atoms with E-state index in [4.69, 9.17) is 0 Å². The summed E-state index contributed by atoms with van der Waals surface area (Å²) in [5, 5.41) is 5.60. The topological polar surface area (TPSA) is 80.3 Å². The van der Waals surface area contributed by atoms with Gasteiger partial charge < -0.3 is 15.4 Å². The Labute approximate surface area is 155 Å². The second-order valence-electron chi connectivity index (χ2n) is 5.56. The molecule has 0 aliphatic heterocycles. The smallest absolute Gasteiger partial charge is 0.337 e. The number of halogens is 1. The van der Waals surface area contributed by atoms with Gasteiger partial charge in [-0.05, 0) is 48.5 Å². The molecule has 0 radical (unpaired) electrons. The number of rotatable bonds is 5. The second-order valence-corrected chi connectivity index (χ2v) is 5.56. The molecule has 1 amide bonds. The molecule has 0 saturated carbocycles. The van der Waals surface area contributed by atoms with E-state index in [-0.39, 0.29) is 11.4 Å². The zero-order chi connectivity index (χ0) is 19.2. The maximum atomic E-state index is 13.7. The molecule has 0 saturated heterocycles. The highest BCUT2D eigenvalue weighted by atomic mass is 19.1. The Hall–Kier alpha value is -3.74. The molecule has 1 aromatic heterocycles. The molecule has 1 heterocycles. The normalized spacial score (nSPS) is 10.1. The Bertz CT molecular complexity index is 974. The van der Waals surface area contributed by atoms with E-state index in [0.29, 0.717) is 16.9 Å². The average molecular weight is 365 g/mol. The fourth-order valence-corrected chi connectivity index (χ4v) is 2.36. The minimum Gasteiger partial charge on any atom is -0.465 e. The summed E-state index contributed by atoms with van der Waals surface area (Å²) in [6, 6.07) is 15.8. The number of nitrogens with zero attached hydrogens (tertiary/aromatic N) is 1. The Kier molecular flexibility index (Phi) is 5.41. The van der Waals surface area contributed by atoms with Crippen LogP contribution in [0, 0.1) is 5.82 Å². The van der Waals surface area contributed by atoms with Gasteiger partial charge in [0.05, 0.1) is 18.4 Å². The quantitative estimate of drug-likeness (QED) is 0.668. The minimum absolute atomic E-state index is 0.0843. The number of nitrogens with one attached hydrogen (secondary N) is 2. The van der Waals surface area contributed by atoms with Crippen molar-refractivity contribution < 1.29 is 18.7 Å². The van der Waals surface area contributed by atoms with Crippen LogP contribution in [0.4, 0.5) is 21.5 Å². The number of ether oxygens (including phenoxy) is 1. The second kappa shape index (κ2) is 8.09. The molecule has 0 unspecified atom stereocenters. The number of carbonyl (C=O) groups is 2. The number of pyridine rings is 1. The lowest BCUT2D eigenvalue weighted by Crippen LogP contribution is -2.14. The van der Waals surface area contributed by atoms with E-state index in [1.807, 2.05) is 0 Å². The summed E-state index contributed by atoms with van der Waals surface area (Å²) in [4.78, 5) is 27.8. The first-order valence-electron chi connectivity index (χ1n) is 8.04. The average Bonchev–Trinajstić information content (AvgIpc) is 2.70. The van der Waals surface area contributed by atoms with Crippen molar-refractivity contribution in [3.8, 4) is 0 Å². The van der Waals surface area contributed by atoms with Crippen molar-refractivity contribution in [2.45, 2.75) is 0 Å². The Morgan fingerprint density at radius 3 is 2.44 bits per heavy atom. The molecule has 136 valence electrons. The predicted octanol–water partition coefficient (Wildman–Crippen LogP) is 4.00. The molecule has 0 atom stereocenters. The van der Waals surface area contributed by atoms with Crippen molar-refractivity contribution in [3.05, 3.63) is 83.9 Å². The van der Waals surface area contributed by atoms with Gasteiger partial charge in [-0.25, -0.2) is 9.18 Å². The summed E-state index contributed by atoms with van der Waals surface area (Å²) in [6.07, 6.45) is 1.47.